The maximum absolute atomic E-state index is 13.1. The molecule has 6 nitrogen and oxygen atoms in total. The van der Waals surface area contributed by atoms with Crippen LogP contribution < -0.4 is 19.7 Å². The van der Waals surface area contributed by atoms with E-state index in [0.29, 0.717) is 52.3 Å². The van der Waals surface area contributed by atoms with Crippen LogP contribution >= 0.6 is 23.4 Å². The normalized spacial score (nSPS) is 13.9. The number of nitrogens with one attached hydrogen (secondary N) is 1. The lowest BCUT2D eigenvalue weighted by atomic mass is 10.1. The number of amides is 2. The molecule has 0 radical (unpaired) electrons. The molecule has 2 amide bonds. The molecule has 3 aromatic rings. The molecular weight excluding hydrogens is 496 g/mol. The van der Waals surface area contributed by atoms with Crippen LogP contribution in [0.3, 0.4) is 0 Å². The van der Waals surface area contributed by atoms with E-state index in [4.69, 9.17) is 21.1 Å². The monoisotopic (exact) mass is 522 g/mol. The zero-order valence-electron chi connectivity index (χ0n) is 20.3. The minimum atomic E-state index is -0.180. The number of thioether (sulfide) groups is 1. The van der Waals surface area contributed by atoms with Gasteiger partial charge in [0.1, 0.15) is 0 Å². The number of carbonyl (C=O) groups excluding carboxylic acids is 2. The lowest BCUT2D eigenvalue weighted by Gasteiger charge is -2.27. The molecule has 3 aromatic carbocycles. The van der Waals surface area contributed by atoms with Crippen molar-refractivity contribution in [2.75, 3.05) is 32.2 Å². The molecule has 0 saturated heterocycles. The predicted octanol–water partition coefficient (Wildman–Crippen LogP) is 5.83. The summed E-state index contributed by atoms with van der Waals surface area (Å²) in [6.45, 7) is 2.95. The molecule has 1 N–H and O–H groups in total. The molecule has 0 aliphatic carbocycles. The van der Waals surface area contributed by atoms with Crippen LogP contribution in [0, 0.1) is 0 Å². The zero-order chi connectivity index (χ0) is 25.7. The molecular formula is C28H27ClN2O4S. The second kappa shape index (κ2) is 11.5. The first kappa shape index (κ1) is 25.7. The van der Waals surface area contributed by atoms with Crippen molar-refractivity contribution in [3.63, 3.8) is 0 Å². The fourth-order valence-corrected chi connectivity index (χ4v) is 5.03. The summed E-state index contributed by atoms with van der Waals surface area (Å²) >= 11 is 7.31. The highest BCUT2D eigenvalue weighted by atomic mass is 35.5. The minimum Gasteiger partial charge on any atom is -0.493 e. The average Bonchev–Trinajstić information content (AvgIpc) is 2.89. The van der Waals surface area contributed by atoms with Gasteiger partial charge in [-0.1, -0.05) is 41.6 Å². The number of rotatable bonds is 8. The van der Waals surface area contributed by atoms with E-state index in [1.54, 1.807) is 31.2 Å². The molecule has 0 spiro atoms. The highest BCUT2D eigenvalue weighted by molar-refractivity contribution is 8.04. The van der Waals surface area contributed by atoms with Crippen molar-refractivity contribution in [1.29, 1.82) is 0 Å². The molecule has 36 heavy (non-hydrogen) atoms. The van der Waals surface area contributed by atoms with Gasteiger partial charge in [0.15, 0.2) is 11.5 Å². The van der Waals surface area contributed by atoms with Gasteiger partial charge >= 0.3 is 0 Å². The Morgan fingerprint density at radius 2 is 1.86 bits per heavy atom. The molecule has 0 bridgehead atoms. The van der Waals surface area contributed by atoms with Gasteiger partial charge in [-0.15, -0.1) is 0 Å². The van der Waals surface area contributed by atoms with Crippen molar-refractivity contribution >= 4 is 46.9 Å². The Hall–Kier alpha value is -3.42. The van der Waals surface area contributed by atoms with Crippen LogP contribution in [-0.2, 0) is 11.2 Å². The largest absolute Gasteiger partial charge is 0.493 e. The van der Waals surface area contributed by atoms with Gasteiger partial charge in [0.25, 0.3) is 11.8 Å². The van der Waals surface area contributed by atoms with Crippen LogP contribution in [0.2, 0.25) is 5.02 Å². The standard InChI is InChI=1S/C28H27ClN2O4S/c1-4-35-23-11-7-19(15-24(23)34-3)16-26-28(33)31(2)22-17-20(8-12-25(22)36-26)27(32)30-14-13-18-5-9-21(29)10-6-18/h5-12,15-17H,4,13-14H2,1-3H3,(H,30,32)/b26-16+. The molecule has 0 atom stereocenters. The molecule has 1 heterocycles. The van der Waals surface area contributed by atoms with Gasteiger partial charge in [0.2, 0.25) is 0 Å². The minimum absolute atomic E-state index is 0.138. The van der Waals surface area contributed by atoms with Crippen molar-refractivity contribution in [1.82, 2.24) is 5.32 Å². The van der Waals surface area contributed by atoms with Crippen molar-refractivity contribution in [3.05, 3.63) is 87.3 Å². The fourth-order valence-electron chi connectivity index (χ4n) is 3.81. The number of nitrogens with zero attached hydrogens (tertiary/aromatic N) is 1. The quantitative estimate of drug-likeness (QED) is 0.377. The second-order valence-electron chi connectivity index (χ2n) is 8.13. The summed E-state index contributed by atoms with van der Waals surface area (Å²) < 4.78 is 11.0. The third kappa shape index (κ3) is 5.86. The average molecular weight is 523 g/mol. The molecule has 0 aromatic heterocycles. The highest BCUT2D eigenvalue weighted by Crippen LogP contribution is 2.42. The number of hydrogen-bond donors (Lipinski definition) is 1. The summed E-state index contributed by atoms with van der Waals surface area (Å²) in [5, 5.41) is 3.63. The highest BCUT2D eigenvalue weighted by Gasteiger charge is 2.27. The third-order valence-electron chi connectivity index (χ3n) is 5.72. The molecule has 4 rings (SSSR count). The molecule has 8 heteroatoms. The number of methoxy groups -OCH3 is 1. The molecule has 1 aliphatic heterocycles. The number of likely N-dealkylation sites (N-methyl/N-ethyl adjacent to an activating group) is 1. The lowest BCUT2D eigenvalue weighted by molar-refractivity contribution is -0.114. The Morgan fingerprint density at radius 1 is 1.08 bits per heavy atom. The number of carbonyl (C=O) groups is 2. The van der Waals surface area contributed by atoms with E-state index in [1.165, 1.54) is 11.8 Å². The van der Waals surface area contributed by atoms with Gasteiger partial charge in [-0.2, -0.15) is 0 Å². The van der Waals surface area contributed by atoms with Gasteiger partial charge < -0.3 is 19.7 Å². The number of hydrogen-bond acceptors (Lipinski definition) is 5. The summed E-state index contributed by atoms with van der Waals surface area (Å²) in [5.41, 5.74) is 3.14. The number of ether oxygens (including phenoxy) is 2. The van der Waals surface area contributed by atoms with Gasteiger partial charge in [0, 0.05) is 29.1 Å². The number of halogens is 1. The molecule has 1 aliphatic rings. The van der Waals surface area contributed by atoms with Gasteiger partial charge in [-0.3, -0.25) is 9.59 Å². The van der Waals surface area contributed by atoms with E-state index >= 15 is 0 Å². The van der Waals surface area contributed by atoms with Crippen LogP contribution in [0.25, 0.3) is 6.08 Å². The summed E-state index contributed by atoms with van der Waals surface area (Å²) in [7, 11) is 3.31. The Balaban J connectivity index is 1.47. The summed E-state index contributed by atoms with van der Waals surface area (Å²) in [6, 6.07) is 18.5. The Morgan fingerprint density at radius 3 is 2.58 bits per heavy atom. The topological polar surface area (TPSA) is 67.9 Å². The van der Waals surface area contributed by atoms with Gasteiger partial charge in [-0.05, 0) is 73.0 Å². The van der Waals surface area contributed by atoms with E-state index in [9.17, 15) is 9.59 Å². The summed E-state index contributed by atoms with van der Waals surface area (Å²) in [5.74, 6) is 0.951. The van der Waals surface area contributed by atoms with Crippen molar-refractivity contribution in [3.8, 4) is 11.5 Å². The Kier molecular flexibility index (Phi) is 8.23. The van der Waals surface area contributed by atoms with Crippen LogP contribution in [0.15, 0.2) is 70.5 Å². The van der Waals surface area contributed by atoms with Crippen LogP contribution in [-0.4, -0.2) is 39.1 Å². The maximum atomic E-state index is 13.1. The number of anilines is 1. The van der Waals surface area contributed by atoms with E-state index in [0.717, 1.165) is 16.0 Å². The van der Waals surface area contributed by atoms with E-state index < -0.39 is 0 Å². The Bertz CT molecular complexity index is 1310. The lowest BCUT2D eigenvalue weighted by Crippen LogP contribution is -2.31. The van der Waals surface area contributed by atoms with Gasteiger partial charge in [0.05, 0.1) is 24.3 Å². The number of benzene rings is 3. The van der Waals surface area contributed by atoms with Crippen molar-refractivity contribution < 1.29 is 19.1 Å². The van der Waals surface area contributed by atoms with Crippen LogP contribution in [0.1, 0.15) is 28.4 Å². The van der Waals surface area contributed by atoms with E-state index in [-0.39, 0.29) is 11.8 Å². The van der Waals surface area contributed by atoms with Crippen LogP contribution in [0.5, 0.6) is 11.5 Å². The van der Waals surface area contributed by atoms with Crippen molar-refractivity contribution in [2.45, 2.75) is 18.2 Å². The molecule has 186 valence electrons. The number of fused-ring (bicyclic) bond motifs is 1. The smallest absolute Gasteiger partial charge is 0.264 e. The van der Waals surface area contributed by atoms with E-state index in [2.05, 4.69) is 5.32 Å². The Labute approximate surface area is 220 Å². The second-order valence-corrected chi connectivity index (χ2v) is 9.65. The first-order valence-electron chi connectivity index (χ1n) is 11.5. The zero-order valence-corrected chi connectivity index (χ0v) is 21.9. The van der Waals surface area contributed by atoms with E-state index in [1.807, 2.05) is 61.5 Å². The summed E-state index contributed by atoms with van der Waals surface area (Å²) in [6.07, 6.45) is 2.54. The molecule has 0 unspecified atom stereocenters. The van der Waals surface area contributed by atoms with Crippen molar-refractivity contribution in [2.24, 2.45) is 0 Å². The van der Waals surface area contributed by atoms with Crippen LogP contribution in [0.4, 0.5) is 5.69 Å². The fraction of sp³-hybridized carbons (Fsp3) is 0.214. The first-order valence-corrected chi connectivity index (χ1v) is 12.7. The van der Waals surface area contributed by atoms with Gasteiger partial charge in [-0.25, -0.2) is 0 Å². The molecule has 0 fully saturated rings. The predicted molar refractivity (Wildman–Crippen MR) is 145 cm³/mol. The first-order chi connectivity index (χ1) is 17.4. The third-order valence-corrected chi connectivity index (χ3v) is 7.05. The summed E-state index contributed by atoms with van der Waals surface area (Å²) in [4.78, 5) is 28.9. The molecule has 0 saturated carbocycles. The maximum Gasteiger partial charge on any atom is 0.264 e. The SMILES string of the molecule is CCOc1ccc(/C=C2/Sc3ccc(C(=O)NCCc4ccc(Cl)cc4)cc3N(C)C2=O)cc1OC.